The molecule has 1 saturated heterocycles. The van der Waals surface area contributed by atoms with Gasteiger partial charge in [-0.3, -0.25) is 9.69 Å². The molecule has 2 N–H and O–H groups in total. The van der Waals surface area contributed by atoms with Gasteiger partial charge in [0.2, 0.25) is 0 Å². The largest absolute Gasteiger partial charge is 0.573 e. The third-order valence-electron chi connectivity index (χ3n) is 6.11. The van der Waals surface area contributed by atoms with Crippen LogP contribution in [0.3, 0.4) is 0 Å². The van der Waals surface area contributed by atoms with Gasteiger partial charge in [0.1, 0.15) is 11.6 Å². The van der Waals surface area contributed by atoms with E-state index in [1.54, 1.807) is 0 Å². The number of H-pyrrole nitrogens is 1. The lowest BCUT2D eigenvalue weighted by molar-refractivity contribution is -0.274. The first kappa shape index (κ1) is 21.7. The first-order chi connectivity index (χ1) is 14.8. The molecule has 2 aromatic rings. The molecule has 1 aromatic heterocycles. The van der Waals surface area contributed by atoms with Gasteiger partial charge >= 0.3 is 6.36 Å². The van der Waals surface area contributed by atoms with Crippen LogP contribution in [0.2, 0.25) is 0 Å². The number of amides is 1. The van der Waals surface area contributed by atoms with Gasteiger partial charge in [-0.2, -0.15) is 0 Å². The number of nitrogens with zero attached hydrogens (tertiary/aromatic N) is 2. The van der Waals surface area contributed by atoms with Crippen molar-refractivity contribution in [3.8, 4) is 5.75 Å². The highest BCUT2D eigenvalue weighted by Gasteiger charge is 2.55. The Kier molecular flexibility index (Phi) is 6.22. The van der Waals surface area contributed by atoms with Gasteiger partial charge in [0.25, 0.3) is 5.91 Å². The van der Waals surface area contributed by atoms with E-state index in [0.29, 0.717) is 24.3 Å². The zero-order valence-electron chi connectivity index (χ0n) is 17.4. The molecule has 1 aliphatic carbocycles. The van der Waals surface area contributed by atoms with Crippen LogP contribution in [0.15, 0.2) is 30.5 Å². The number of hydrogen-bond acceptors (Lipinski definition) is 4. The number of unbranched alkanes of at least 4 members (excludes halogenated alkanes) is 1. The van der Waals surface area contributed by atoms with E-state index >= 15 is 0 Å². The van der Waals surface area contributed by atoms with Crippen LogP contribution in [0.1, 0.15) is 41.6 Å². The average Bonchev–Trinajstić information content (AvgIpc) is 3.05. The van der Waals surface area contributed by atoms with Crippen LogP contribution >= 0.6 is 0 Å². The highest BCUT2D eigenvalue weighted by atomic mass is 19.4. The number of likely N-dealkylation sites (tertiary alicyclic amines) is 1. The first-order valence-electron chi connectivity index (χ1n) is 10.7. The van der Waals surface area contributed by atoms with Gasteiger partial charge in [-0.1, -0.05) is 19.4 Å². The molecule has 1 amide bonds. The Balaban J connectivity index is 1.20. The molecule has 0 radical (unpaired) electrons. The first-order valence-corrected chi connectivity index (χ1v) is 10.7. The van der Waals surface area contributed by atoms with Crippen molar-refractivity contribution in [3.05, 3.63) is 47.5 Å². The lowest BCUT2D eigenvalue weighted by Crippen LogP contribution is -2.30. The van der Waals surface area contributed by atoms with Crippen molar-refractivity contribution in [2.45, 2.75) is 39.1 Å². The van der Waals surface area contributed by atoms with E-state index in [-0.39, 0.29) is 11.5 Å². The Morgan fingerprint density at radius 2 is 2.10 bits per heavy atom. The van der Waals surface area contributed by atoms with Crippen molar-refractivity contribution < 1.29 is 22.7 Å². The summed E-state index contributed by atoms with van der Waals surface area (Å²) in [6, 6.07) is 5.14. The van der Waals surface area contributed by atoms with Crippen LogP contribution in [-0.2, 0) is 13.0 Å². The highest BCUT2D eigenvalue weighted by molar-refractivity contribution is 5.94. The minimum Gasteiger partial charge on any atom is -0.406 e. The molecule has 1 aromatic carbocycles. The number of piperidine rings is 1. The number of nitrogens with one attached hydrogen (secondary N) is 2. The maximum absolute atomic E-state index is 12.4. The van der Waals surface area contributed by atoms with Crippen LogP contribution in [0.25, 0.3) is 0 Å². The zero-order valence-corrected chi connectivity index (χ0v) is 17.4. The lowest BCUT2D eigenvalue weighted by atomic mass is 10.2. The smallest absolute Gasteiger partial charge is 0.406 e. The predicted octanol–water partition coefficient (Wildman–Crippen LogP) is 3.76. The van der Waals surface area contributed by atoms with E-state index in [2.05, 4.69) is 31.8 Å². The molecule has 4 rings (SSSR count). The fourth-order valence-electron chi connectivity index (χ4n) is 4.50. The van der Waals surface area contributed by atoms with Gasteiger partial charge in [-0.15, -0.1) is 13.2 Å². The molecule has 0 bridgehead atoms. The molecule has 2 atom stereocenters. The van der Waals surface area contributed by atoms with Gasteiger partial charge < -0.3 is 15.0 Å². The van der Waals surface area contributed by atoms with Crippen LogP contribution in [0.5, 0.6) is 5.75 Å². The van der Waals surface area contributed by atoms with Gasteiger partial charge in [0.15, 0.2) is 0 Å². The maximum Gasteiger partial charge on any atom is 0.573 e. The standard InChI is InChI=1S/C22H27F3N4O2/c1-2-3-7-20-26-9-15(28-20)11-29-12-18-17(19(18)13-29)10-27-21(30)14-5-4-6-16(8-14)31-22(23,24)25/h4-6,8-9,17-19H,2-3,7,10-13H2,1H3,(H,26,28)(H,27,30). The van der Waals surface area contributed by atoms with E-state index in [1.165, 1.54) is 18.2 Å². The Hall–Kier alpha value is -2.55. The van der Waals surface area contributed by atoms with Crippen LogP contribution in [-0.4, -0.2) is 46.8 Å². The second kappa shape index (κ2) is 8.90. The SMILES string of the molecule is CCCCc1nc(CN2CC3C(CNC(=O)c4cccc(OC(F)(F)F)c4)C3C2)c[nH]1. The number of rotatable bonds is 9. The van der Waals surface area contributed by atoms with E-state index in [0.717, 1.165) is 56.5 Å². The average molecular weight is 436 g/mol. The summed E-state index contributed by atoms with van der Waals surface area (Å²) in [6.45, 7) is 5.50. The summed E-state index contributed by atoms with van der Waals surface area (Å²) < 4.78 is 40.9. The van der Waals surface area contributed by atoms with Crippen LogP contribution < -0.4 is 10.1 Å². The molecule has 2 fully saturated rings. The van der Waals surface area contributed by atoms with E-state index in [1.807, 2.05) is 6.20 Å². The van der Waals surface area contributed by atoms with Gasteiger partial charge in [-0.25, -0.2) is 4.98 Å². The van der Waals surface area contributed by atoms with Crippen molar-refractivity contribution >= 4 is 5.91 Å². The van der Waals surface area contributed by atoms with Gasteiger partial charge in [0.05, 0.1) is 5.69 Å². The third-order valence-corrected chi connectivity index (χ3v) is 6.11. The van der Waals surface area contributed by atoms with Crippen molar-refractivity contribution in [1.29, 1.82) is 0 Å². The number of aromatic amines is 1. The number of fused-ring (bicyclic) bond motifs is 1. The molecule has 6 nitrogen and oxygen atoms in total. The Bertz CT molecular complexity index is 902. The quantitative estimate of drug-likeness (QED) is 0.628. The number of carbonyl (C=O) groups is 1. The fraction of sp³-hybridized carbons (Fsp3) is 0.545. The molecular formula is C22H27F3N4O2. The molecule has 2 aliphatic rings. The molecule has 1 aliphatic heterocycles. The molecular weight excluding hydrogens is 409 g/mol. The van der Waals surface area contributed by atoms with E-state index in [9.17, 15) is 18.0 Å². The number of halogens is 3. The Labute approximate surface area is 179 Å². The minimum atomic E-state index is -4.78. The van der Waals surface area contributed by atoms with Crippen molar-refractivity contribution in [1.82, 2.24) is 20.2 Å². The summed E-state index contributed by atoms with van der Waals surface area (Å²) in [5.41, 5.74) is 1.23. The number of alkyl halides is 3. The van der Waals surface area contributed by atoms with E-state index < -0.39 is 12.1 Å². The van der Waals surface area contributed by atoms with Crippen molar-refractivity contribution in [3.63, 3.8) is 0 Å². The number of hydrogen-bond donors (Lipinski definition) is 2. The number of imidazole rings is 1. The summed E-state index contributed by atoms with van der Waals surface area (Å²) in [7, 11) is 0. The molecule has 0 spiro atoms. The van der Waals surface area contributed by atoms with Crippen LogP contribution in [0, 0.1) is 17.8 Å². The molecule has 9 heteroatoms. The normalized spacial score (nSPS) is 22.9. The second-order valence-electron chi connectivity index (χ2n) is 8.41. The molecule has 2 unspecified atom stereocenters. The summed E-state index contributed by atoms with van der Waals surface area (Å²) in [4.78, 5) is 22.6. The Morgan fingerprint density at radius 1 is 1.32 bits per heavy atom. The molecule has 2 heterocycles. The number of carbonyl (C=O) groups excluding carboxylic acids is 1. The Morgan fingerprint density at radius 3 is 2.81 bits per heavy atom. The number of aryl methyl sites for hydroxylation is 1. The third kappa shape index (κ3) is 5.58. The summed E-state index contributed by atoms with van der Waals surface area (Å²) in [5, 5.41) is 2.86. The fourth-order valence-corrected chi connectivity index (χ4v) is 4.50. The minimum absolute atomic E-state index is 0.159. The van der Waals surface area contributed by atoms with Gasteiger partial charge in [0, 0.05) is 44.4 Å². The molecule has 1 saturated carbocycles. The predicted molar refractivity (Wildman–Crippen MR) is 108 cm³/mol. The highest BCUT2D eigenvalue weighted by Crippen LogP contribution is 2.51. The maximum atomic E-state index is 12.4. The summed E-state index contributed by atoms with van der Waals surface area (Å²) in [5.74, 6) is 1.80. The van der Waals surface area contributed by atoms with Crippen LogP contribution in [0.4, 0.5) is 13.2 Å². The number of aromatic nitrogens is 2. The number of benzene rings is 1. The van der Waals surface area contributed by atoms with E-state index in [4.69, 9.17) is 0 Å². The zero-order chi connectivity index (χ0) is 22.0. The van der Waals surface area contributed by atoms with Crippen molar-refractivity contribution in [2.24, 2.45) is 17.8 Å². The molecule has 31 heavy (non-hydrogen) atoms. The summed E-state index contributed by atoms with van der Waals surface area (Å²) >= 11 is 0. The summed E-state index contributed by atoms with van der Waals surface area (Å²) in [6.07, 6.45) is 0.474. The topological polar surface area (TPSA) is 70.2 Å². The molecule has 168 valence electrons. The second-order valence-corrected chi connectivity index (χ2v) is 8.41. The monoisotopic (exact) mass is 436 g/mol. The van der Waals surface area contributed by atoms with Gasteiger partial charge in [-0.05, 0) is 42.4 Å². The number of ether oxygens (including phenoxy) is 1. The van der Waals surface area contributed by atoms with Crippen molar-refractivity contribution in [2.75, 3.05) is 19.6 Å². The lowest BCUT2D eigenvalue weighted by Gasteiger charge is -2.18.